The van der Waals surface area contributed by atoms with E-state index in [4.69, 9.17) is 0 Å². The van der Waals surface area contributed by atoms with E-state index < -0.39 is 0 Å². The highest BCUT2D eigenvalue weighted by molar-refractivity contribution is 5.42. The summed E-state index contributed by atoms with van der Waals surface area (Å²) >= 11 is 0. The summed E-state index contributed by atoms with van der Waals surface area (Å²) in [6, 6.07) is 5.78. The van der Waals surface area contributed by atoms with Crippen LogP contribution < -0.4 is 5.32 Å². The molecule has 0 unspecified atom stereocenters. The third-order valence-electron chi connectivity index (χ3n) is 2.68. The number of nitrogens with one attached hydrogen (secondary N) is 1. The third kappa shape index (κ3) is 2.02. The number of anilines is 1. The second kappa shape index (κ2) is 4.44. The van der Waals surface area contributed by atoms with E-state index in [0.717, 1.165) is 24.4 Å². The molecule has 0 fully saturated rings. The maximum atomic E-state index is 4.35. The number of rotatable bonds is 4. The van der Waals surface area contributed by atoms with Gasteiger partial charge in [0.25, 0.3) is 0 Å². The van der Waals surface area contributed by atoms with Gasteiger partial charge in [-0.2, -0.15) is 4.98 Å². The van der Waals surface area contributed by atoms with Crippen LogP contribution >= 0.6 is 0 Å². The largest absolute Gasteiger partial charge is 0.352 e. The van der Waals surface area contributed by atoms with Crippen molar-refractivity contribution in [3.05, 3.63) is 36.5 Å². The summed E-state index contributed by atoms with van der Waals surface area (Å²) < 4.78 is 3.64. The van der Waals surface area contributed by atoms with E-state index in [2.05, 4.69) is 25.6 Å². The summed E-state index contributed by atoms with van der Waals surface area (Å²) in [6.07, 6.45) is 4.35. The van der Waals surface area contributed by atoms with E-state index >= 15 is 0 Å². The second-order valence-electron chi connectivity index (χ2n) is 3.97. The van der Waals surface area contributed by atoms with Crippen LogP contribution in [0.25, 0.3) is 5.65 Å². The zero-order valence-corrected chi connectivity index (χ0v) is 9.98. The van der Waals surface area contributed by atoms with Gasteiger partial charge in [-0.05, 0) is 12.1 Å². The standard InChI is InChI=1S/C11H13N7/c1-17-8-13-15-10(17)5-6-12-11-14-9-4-2-3-7-18(9)16-11/h2-4,7-8H,5-6H2,1H3,(H,12,16). The minimum Gasteiger partial charge on any atom is -0.352 e. The maximum absolute atomic E-state index is 4.35. The molecule has 0 spiro atoms. The number of aryl methyl sites for hydroxylation is 1. The fourth-order valence-corrected chi connectivity index (χ4v) is 1.73. The Labute approximate surface area is 103 Å². The van der Waals surface area contributed by atoms with Gasteiger partial charge in [0, 0.05) is 26.2 Å². The zero-order chi connectivity index (χ0) is 12.4. The Morgan fingerprint density at radius 3 is 3.06 bits per heavy atom. The smallest absolute Gasteiger partial charge is 0.243 e. The van der Waals surface area contributed by atoms with Crippen molar-refractivity contribution in [3.63, 3.8) is 0 Å². The third-order valence-corrected chi connectivity index (χ3v) is 2.68. The lowest BCUT2D eigenvalue weighted by Gasteiger charge is -2.00. The molecule has 0 aromatic carbocycles. The second-order valence-corrected chi connectivity index (χ2v) is 3.97. The minimum absolute atomic E-state index is 0.628. The predicted octanol–water partition coefficient (Wildman–Crippen LogP) is 0.512. The molecule has 0 aliphatic carbocycles. The van der Waals surface area contributed by atoms with Crippen molar-refractivity contribution in [2.45, 2.75) is 6.42 Å². The van der Waals surface area contributed by atoms with Crippen LogP contribution in [0.1, 0.15) is 5.82 Å². The van der Waals surface area contributed by atoms with E-state index in [9.17, 15) is 0 Å². The predicted molar refractivity (Wildman–Crippen MR) is 66.2 cm³/mol. The SMILES string of the molecule is Cn1cnnc1CCNc1nc2ccccn2n1. The van der Waals surface area contributed by atoms with Crippen LogP contribution in [0, 0.1) is 0 Å². The van der Waals surface area contributed by atoms with E-state index in [0.29, 0.717) is 5.95 Å². The lowest BCUT2D eigenvalue weighted by Crippen LogP contribution is -2.09. The highest BCUT2D eigenvalue weighted by atomic mass is 15.3. The number of hydrogen-bond acceptors (Lipinski definition) is 5. The Hall–Kier alpha value is -2.44. The Kier molecular flexibility index (Phi) is 2.64. The summed E-state index contributed by atoms with van der Waals surface area (Å²) in [6.45, 7) is 0.726. The quantitative estimate of drug-likeness (QED) is 0.723. The molecule has 3 rings (SSSR count). The Balaban J connectivity index is 1.65. The Morgan fingerprint density at radius 2 is 2.28 bits per heavy atom. The van der Waals surface area contributed by atoms with Crippen molar-refractivity contribution in [1.29, 1.82) is 0 Å². The average molecular weight is 243 g/mol. The number of aromatic nitrogens is 6. The average Bonchev–Trinajstić information content (AvgIpc) is 2.96. The van der Waals surface area contributed by atoms with Crippen molar-refractivity contribution in [2.24, 2.45) is 7.05 Å². The van der Waals surface area contributed by atoms with Crippen LogP contribution in [0.4, 0.5) is 5.95 Å². The van der Waals surface area contributed by atoms with Crippen LogP contribution in [0.2, 0.25) is 0 Å². The molecule has 7 heteroatoms. The van der Waals surface area contributed by atoms with E-state index in [1.165, 1.54) is 0 Å². The molecule has 18 heavy (non-hydrogen) atoms. The summed E-state index contributed by atoms with van der Waals surface area (Å²) in [4.78, 5) is 4.35. The molecule has 3 aromatic heterocycles. The summed E-state index contributed by atoms with van der Waals surface area (Å²) in [5.74, 6) is 1.56. The highest BCUT2D eigenvalue weighted by Gasteiger charge is 2.03. The van der Waals surface area contributed by atoms with Gasteiger partial charge in [-0.3, -0.25) is 0 Å². The highest BCUT2D eigenvalue weighted by Crippen LogP contribution is 2.04. The van der Waals surface area contributed by atoms with E-state index in [-0.39, 0.29) is 0 Å². The van der Waals surface area contributed by atoms with Gasteiger partial charge in [-0.25, -0.2) is 4.52 Å². The molecule has 3 heterocycles. The zero-order valence-electron chi connectivity index (χ0n) is 9.98. The first-order chi connectivity index (χ1) is 8.83. The fraction of sp³-hybridized carbons (Fsp3) is 0.273. The molecule has 0 radical (unpaired) electrons. The van der Waals surface area contributed by atoms with Gasteiger partial charge in [-0.15, -0.1) is 15.3 Å². The topological polar surface area (TPSA) is 72.9 Å². The van der Waals surface area contributed by atoms with Crippen LogP contribution in [0.15, 0.2) is 30.7 Å². The first kappa shape index (κ1) is 10.7. The van der Waals surface area contributed by atoms with Gasteiger partial charge in [0.15, 0.2) is 5.65 Å². The van der Waals surface area contributed by atoms with Gasteiger partial charge in [0.2, 0.25) is 5.95 Å². The van der Waals surface area contributed by atoms with E-state index in [1.807, 2.05) is 36.0 Å². The van der Waals surface area contributed by atoms with Crippen molar-refractivity contribution >= 4 is 11.6 Å². The van der Waals surface area contributed by atoms with Crippen molar-refractivity contribution in [2.75, 3.05) is 11.9 Å². The monoisotopic (exact) mass is 243 g/mol. The molecule has 7 nitrogen and oxygen atoms in total. The van der Waals surface area contributed by atoms with E-state index in [1.54, 1.807) is 10.8 Å². The molecule has 1 N–H and O–H groups in total. The van der Waals surface area contributed by atoms with Gasteiger partial charge in [0.1, 0.15) is 12.2 Å². The number of fused-ring (bicyclic) bond motifs is 1. The summed E-state index contributed by atoms with van der Waals surface area (Å²) in [5, 5.41) is 15.3. The number of nitrogens with zero attached hydrogens (tertiary/aromatic N) is 6. The molecule has 0 saturated heterocycles. The molecule has 0 aliphatic rings. The minimum atomic E-state index is 0.628. The van der Waals surface area contributed by atoms with Crippen LogP contribution in [-0.4, -0.2) is 35.9 Å². The Bertz CT molecular complexity index is 621. The first-order valence-corrected chi connectivity index (χ1v) is 5.71. The summed E-state index contributed by atoms with van der Waals surface area (Å²) in [7, 11) is 1.93. The molecule has 0 amide bonds. The molecular formula is C11H13N7. The van der Waals surface area contributed by atoms with Gasteiger partial charge < -0.3 is 9.88 Å². The lowest BCUT2D eigenvalue weighted by molar-refractivity contribution is 0.785. The van der Waals surface area contributed by atoms with Crippen LogP contribution in [-0.2, 0) is 13.5 Å². The van der Waals surface area contributed by atoms with Crippen LogP contribution in [0.5, 0.6) is 0 Å². The molecular weight excluding hydrogens is 230 g/mol. The molecule has 3 aromatic rings. The summed E-state index contributed by atoms with van der Waals surface area (Å²) in [5.41, 5.74) is 0.832. The van der Waals surface area contributed by atoms with Crippen molar-refractivity contribution in [1.82, 2.24) is 29.4 Å². The lowest BCUT2D eigenvalue weighted by atomic mass is 10.4. The molecule has 0 saturated carbocycles. The van der Waals surface area contributed by atoms with Crippen LogP contribution in [0.3, 0.4) is 0 Å². The molecule has 0 atom stereocenters. The van der Waals surface area contributed by atoms with Crippen molar-refractivity contribution in [3.8, 4) is 0 Å². The maximum Gasteiger partial charge on any atom is 0.243 e. The number of pyridine rings is 1. The van der Waals surface area contributed by atoms with Gasteiger partial charge >= 0.3 is 0 Å². The number of hydrogen-bond donors (Lipinski definition) is 1. The Morgan fingerprint density at radius 1 is 1.33 bits per heavy atom. The molecule has 0 aliphatic heterocycles. The first-order valence-electron chi connectivity index (χ1n) is 5.71. The van der Waals surface area contributed by atoms with Crippen molar-refractivity contribution < 1.29 is 0 Å². The van der Waals surface area contributed by atoms with Gasteiger partial charge in [-0.1, -0.05) is 6.07 Å². The molecule has 92 valence electrons. The molecule has 0 bridgehead atoms. The van der Waals surface area contributed by atoms with Gasteiger partial charge in [0.05, 0.1) is 0 Å². The fourth-order valence-electron chi connectivity index (χ4n) is 1.73. The normalized spacial score (nSPS) is 10.9.